The molecule has 4 rings (SSSR count). The maximum atomic E-state index is 13.6. The lowest BCUT2D eigenvalue weighted by Gasteiger charge is -2.18. The number of nitrogens with zero attached hydrogens (tertiary/aromatic N) is 1. The first-order valence-corrected chi connectivity index (χ1v) is 11.2. The molecule has 10 heteroatoms. The molecular formula is C22H15ClF4N2O2S. The Balaban J connectivity index is 1.65. The standard InChI is InChI=1S/C22H15ClF4N2O2S/c23-19-12-15(22(25,26)27)4-7-20(19)32(30,31)29-17-3-1-2-14(11-17)21-18-6-5-16(24)10-13(18)8-9-28-21/h1-7,10-12,29H,8-9H2. The fourth-order valence-corrected chi connectivity index (χ4v) is 5.05. The van der Waals surface area contributed by atoms with E-state index in [0.717, 1.165) is 17.2 Å². The van der Waals surface area contributed by atoms with Gasteiger partial charge in [0.1, 0.15) is 10.7 Å². The van der Waals surface area contributed by atoms with Crippen molar-refractivity contribution < 1.29 is 26.0 Å². The highest BCUT2D eigenvalue weighted by atomic mass is 35.5. The zero-order chi connectivity index (χ0) is 23.1. The molecule has 0 saturated heterocycles. The van der Waals surface area contributed by atoms with E-state index in [1.54, 1.807) is 24.3 Å². The quantitative estimate of drug-likeness (QED) is 0.485. The Morgan fingerprint density at radius 3 is 2.50 bits per heavy atom. The van der Waals surface area contributed by atoms with Crippen LogP contribution in [0.1, 0.15) is 22.3 Å². The molecule has 0 atom stereocenters. The van der Waals surface area contributed by atoms with Gasteiger partial charge in [-0.15, -0.1) is 0 Å². The van der Waals surface area contributed by atoms with E-state index >= 15 is 0 Å². The smallest absolute Gasteiger partial charge is 0.284 e. The summed E-state index contributed by atoms with van der Waals surface area (Å²) in [5, 5.41) is -0.545. The third-order valence-electron chi connectivity index (χ3n) is 4.91. The van der Waals surface area contributed by atoms with E-state index in [0.29, 0.717) is 36.4 Å². The molecule has 1 N–H and O–H groups in total. The molecule has 0 spiro atoms. The van der Waals surface area contributed by atoms with Gasteiger partial charge in [0.2, 0.25) is 0 Å². The lowest BCUT2D eigenvalue weighted by molar-refractivity contribution is -0.137. The monoisotopic (exact) mass is 482 g/mol. The molecule has 0 fully saturated rings. The van der Waals surface area contributed by atoms with E-state index in [1.165, 1.54) is 18.2 Å². The van der Waals surface area contributed by atoms with Gasteiger partial charge in [-0.1, -0.05) is 23.7 Å². The van der Waals surface area contributed by atoms with Gasteiger partial charge >= 0.3 is 6.18 Å². The second kappa shape index (κ2) is 8.22. The number of hydrogen-bond acceptors (Lipinski definition) is 3. The van der Waals surface area contributed by atoms with Crippen molar-refractivity contribution in [3.63, 3.8) is 0 Å². The van der Waals surface area contributed by atoms with E-state index in [4.69, 9.17) is 11.6 Å². The van der Waals surface area contributed by atoms with Crippen LogP contribution in [0.25, 0.3) is 0 Å². The van der Waals surface area contributed by atoms with Gasteiger partial charge in [0.05, 0.1) is 16.3 Å². The van der Waals surface area contributed by atoms with Crippen LogP contribution in [0, 0.1) is 5.82 Å². The molecular weight excluding hydrogens is 468 g/mol. The van der Waals surface area contributed by atoms with Crippen molar-refractivity contribution in [3.05, 3.63) is 93.8 Å². The summed E-state index contributed by atoms with van der Waals surface area (Å²) in [6.45, 7) is 0.461. The first kappa shape index (κ1) is 22.3. The Kier molecular flexibility index (Phi) is 5.72. The summed E-state index contributed by atoms with van der Waals surface area (Å²) in [5.41, 5.74) is 1.89. The molecule has 166 valence electrons. The van der Waals surface area contributed by atoms with Gasteiger partial charge in [0, 0.05) is 23.4 Å². The van der Waals surface area contributed by atoms with Crippen LogP contribution in [0.15, 0.2) is 70.6 Å². The van der Waals surface area contributed by atoms with Gasteiger partial charge in [0.25, 0.3) is 10.0 Å². The topological polar surface area (TPSA) is 58.5 Å². The highest BCUT2D eigenvalue weighted by molar-refractivity contribution is 7.92. The molecule has 0 amide bonds. The molecule has 3 aromatic rings. The molecule has 0 bridgehead atoms. The van der Waals surface area contributed by atoms with Crippen molar-refractivity contribution in [1.82, 2.24) is 0 Å². The average Bonchev–Trinajstić information content (AvgIpc) is 2.72. The van der Waals surface area contributed by atoms with Gasteiger partial charge in [-0.3, -0.25) is 9.71 Å². The second-order valence-electron chi connectivity index (χ2n) is 7.11. The lowest BCUT2D eigenvalue weighted by atomic mass is 9.93. The molecule has 0 unspecified atom stereocenters. The minimum Gasteiger partial charge on any atom is -0.284 e. The number of hydrogen-bond donors (Lipinski definition) is 1. The van der Waals surface area contributed by atoms with Gasteiger partial charge < -0.3 is 0 Å². The molecule has 0 aliphatic carbocycles. The first-order valence-electron chi connectivity index (χ1n) is 9.38. The zero-order valence-electron chi connectivity index (χ0n) is 16.2. The molecule has 0 radical (unpaired) electrons. The van der Waals surface area contributed by atoms with Crippen LogP contribution in [0.3, 0.4) is 0 Å². The molecule has 0 aromatic heterocycles. The summed E-state index contributed by atoms with van der Waals surface area (Å²) in [6, 6.07) is 12.8. The van der Waals surface area contributed by atoms with Crippen molar-refractivity contribution in [2.75, 3.05) is 11.3 Å². The summed E-state index contributed by atoms with van der Waals surface area (Å²) in [4.78, 5) is 4.02. The largest absolute Gasteiger partial charge is 0.416 e. The van der Waals surface area contributed by atoms with Gasteiger partial charge in [-0.2, -0.15) is 13.2 Å². The van der Waals surface area contributed by atoms with Crippen LogP contribution in [-0.4, -0.2) is 20.7 Å². The maximum absolute atomic E-state index is 13.6. The maximum Gasteiger partial charge on any atom is 0.416 e. The van der Waals surface area contributed by atoms with Crippen molar-refractivity contribution in [2.45, 2.75) is 17.5 Å². The van der Waals surface area contributed by atoms with Gasteiger partial charge in [-0.05, 0) is 60.5 Å². The normalized spacial score (nSPS) is 14.0. The number of alkyl halides is 3. The third kappa shape index (κ3) is 4.49. The Morgan fingerprint density at radius 2 is 1.78 bits per heavy atom. The van der Waals surface area contributed by atoms with Crippen molar-refractivity contribution in [2.24, 2.45) is 4.99 Å². The third-order valence-corrected chi connectivity index (χ3v) is 6.77. The van der Waals surface area contributed by atoms with Crippen LogP contribution >= 0.6 is 11.6 Å². The summed E-state index contributed by atoms with van der Waals surface area (Å²) in [7, 11) is -4.26. The number of aliphatic imine (C=N–C) groups is 1. The predicted molar refractivity (Wildman–Crippen MR) is 114 cm³/mol. The minimum absolute atomic E-state index is 0.176. The number of nitrogens with one attached hydrogen (secondary N) is 1. The van der Waals surface area contributed by atoms with E-state index in [-0.39, 0.29) is 11.5 Å². The Morgan fingerprint density at radius 1 is 1.00 bits per heavy atom. The van der Waals surface area contributed by atoms with Crippen LogP contribution in [0.4, 0.5) is 23.2 Å². The number of halogens is 5. The second-order valence-corrected chi connectivity index (χ2v) is 9.17. The minimum atomic E-state index is -4.65. The summed E-state index contributed by atoms with van der Waals surface area (Å²) in [5.74, 6) is -0.347. The molecule has 1 aliphatic heterocycles. The first-order chi connectivity index (χ1) is 15.0. The molecule has 3 aromatic carbocycles. The van der Waals surface area contributed by atoms with E-state index < -0.39 is 31.7 Å². The summed E-state index contributed by atoms with van der Waals surface area (Å²) < 4.78 is 79.9. The number of rotatable bonds is 4. The Labute approximate surface area is 186 Å². The van der Waals surface area contributed by atoms with Crippen LogP contribution in [0.5, 0.6) is 0 Å². The van der Waals surface area contributed by atoms with Crippen LogP contribution < -0.4 is 4.72 Å². The Hall–Kier alpha value is -2.91. The number of sulfonamides is 1. The Bertz CT molecular complexity index is 1340. The summed E-state index contributed by atoms with van der Waals surface area (Å²) in [6.07, 6.45) is -4.05. The number of anilines is 1. The highest BCUT2D eigenvalue weighted by Crippen LogP contribution is 2.34. The predicted octanol–water partition coefficient (Wildman–Crippen LogP) is 5.69. The fraction of sp³-hybridized carbons (Fsp3) is 0.136. The van der Waals surface area contributed by atoms with E-state index in [1.807, 2.05) is 0 Å². The van der Waals surface area contributed by atoms with Crippen molar-refractivity contribution in [3.8, 4) is 0 Å². The van der Waals surface area contributed by atoms with Crippen LogP contribution in [0.2, 0.25) is 5.02 Å². The average molecular weight is 483 g/mol. The fourth-order valence-electron chi connectivity index (χ4n) is 3.46. The molecule has 32 heavy (non-hydrogen) atoms. The molecule has 1 aliphatic rings. The van der Waals surface area contributed by atoms with Crippen molar-refractivity contribution in [1.29, 1.82) is 0 Å². The molecule has 0 saturated carbocycles. The van der Waals surface area contributed by atoms with Gasteiger partial charge in [0.15, 0.2) is 0 Å². The lowest BCUT2D eigenvalue weighted by Crippen LogP contribution is -2.16. The van der Waals surface area contributed by atoms with Gasteiger partial charge in [-0.25, -0.2) is 12.8 Å². The highest BCUT2D eigenvalue weighted by Gasteiger charge is 2.32. The van der Waals surface area contributed by atoms with E-state index in [9.17, 15) is 26.0 Å². The SMILES string of the molecule is O=S(=O)(Nc1cccc(C2=NCCc3cc(F)ccc32)c1)c1ccc(C(F)(F)F)cc1Cl. The van der Waals surface area contributed by atoms with Crippen molar-refractivity contribution >= 4 is 33.0 Å². The van der Waals surface area contributed by atoms with E-state index in [2.05, 4.69) is 9.71 Å². The van der Waals surface area contributed by atoms with Crippen LogP contribution in [-0.2, 0) is 22.6 Å². The zero-order valence-corrected chi connectivity index (χ0v) is 17.8. The molecule has 1 heterocycles. The number of fused-ring (bicyclic) bond motifs is 1. The number of benzene rings is 3. The summed E-state index contributed by atoms with van der Waals surface area (Å²) >= 11 is 5.84. The molecule has 4 nitrogen and oxygen atoms in total.